The molecule has 1 saturated heterocycles. The molecule has 0 saturated carbocycles. The number of carbonyl (C=O) groups excluding carboxylic acids is 1. The fourth-order valence-electron chi connectivity index (χ4n) is 5.17. The Balaban J connectivity index is 1.43. The topological polar surface area (TPSA) is 75.7 Å². The van der Waals surface area contributed by atoms with Crippen LogP contribution in [0.1, 0.15) is 66.1 Å². The minimum atomic E-state index is -4.37. The molecule has 1 amide bonds. The molecule has 6 nitrogen and oxygen atoms in total. The van der Waals surface area contributed by atoms with Crippen LogP contribution in [0.15, 0.2) is 77.7 Å². The first-order valence-corrected chi connectivity index (χ1v) is 15.9. The summed E-state index contributed by atoms with van der Waals surface area (Å²) in [4.78, 5) is 15.3. The van der Waals surface area contributed by atoms with Crippen LogP contribution in [0.2, 0.25) is 0 Å². The van der Waals surface area contributed by atoms with Crippen LogP contribution < -0.4 is 10.2 Å². The van der Waals surface area contributed by atoms with E-state index in [-0.39, 0.29) is 35.1 Å². The van der Waals surface area contributed by atoms with Crippen LogP contribution in [0.4, 0.5) is 18.9 Å². The van der Waals surface area contributed by atoms with Crippen molar-refractivity contribution in [2.45, 2.75) is 62.7 Å². The van der Waals surface area contributed by atoms with Crippen LogP contribution in [0.3, 0.4) is 0 Å². The van der Waals surface area contributed by atoms with Gasteiger partial charge in [-0.25, -0.2) is 8.42 Å². The molecule has 1 heterocycles. The van der Waals surface area contributed by atoms with Gasteiger partial charge < -0.3 is 15.0 Å². The summed E-state index contributed by atoms with van der Waals surface area (Å²) in [5.41, 5.74) is 2.41. The van der Waals surface area contributed by atoms with E-state index in [0.717, 1.165) is 48.2 Å². The van der Waals surface area contributed by atoms with E-state index in [2.05, 4.69) is 17.1 Å². The van der Waals surface area contributed by atoms with E-state index in [0.29, 0.717) is 25.3 Å². The van der Waals surface area contributed by atoms with Crippen molar-refractivity contribution in [3.05, 3.63) is 95.1 Å². The maximum Gasteiger partial charge on any atom is 0.416 e. The molecule has 0 spiro atoms. The number of nitrogens with one attached hydrogen (secondary N) is 1. The van der Waals surface area contributed by atoms with Gasteiger partial charge in [-0.15, -0.1) is 0 Å². The first-order chi connectivity index (χ1) is 20.0. The van der Waals surface area contributed by atoms with E-state index in [1.165, 1.54) is 0 Å². The van der Waals surface area contributed by atoms with Gasteiger partial charge in [0.1, 0.15) is 0 Å². The third kappa shape index (κ3) is 7.92. The monoisotopic (exact) mass is 602 g/mol. The quantitative estimate of drug-likeness (QED) is 0.250. The lowest BCUT2D eigenvalue weighted by atomic mass is 9.86. The lowest BCUT2D eigenvalue weighted by molar-refractivity contribution is -0.137. The van der Waals surface area contributed by atoms with Gasteiger partial charge in [-0.2, -0.15) is 13.2 Å². The van der Waals surface area contributed by atoms with Crippen LogP contribution in [0, 0.1) is 0 Å². The van der Waals surface area contributed by atoms with E-state index in [1.54, 1.807) is 55.5 Å². The van der Waals surface area contributed by atoms with Gasteiger partial charge in [0.15, 0.2) is 9.84 Å². The lowest BCUT2D eigenvalue weighted by Crippen LogP contribution is -2.45. The van der Waals surface area contributed by atoms with Gasteiger partial charge in [-0.3, -0.25) is 4.79 Å². The number of nitrogens with zero attached hydrogens (tertiary/aromatic N) is 1. The average molecular weight is 603 g/mol. The van der Waals surface area contributed by atoms with Crippen molar-refractivity contribution in [3.63, 3.8) is 0 Å². The number of carbonyl (C=O) groups is 1. The molecule has 1 N–H and O–H groups in total. The van der Waals surface area contributed by atoms with Crippen molar-refractivity contribution in [2.75, 3.05) is 30.4 Å². The molecule has 4 rings (SSSR count). The van der Waals surface area contributed by atoms with Crippen molar-refractivity contribution in [3.8, 4) is 0 Å². The number of benzene rings is 3. The number of anilines is 1. The Kier molecular flexibility index (Phi) is 10.3. The van der Waals surface area contributed by atoms with E-state index >= 15 is 0 Å². The number of piperidine rings is 1. The molecule has 0 aliphatic carbocycles. The Morgan fingerprint density at radius 3 is 2.21 bits per heavy atom. The molecule has 0 bridgehead atoms. The van der Waals surface area contributed by atoms with Gasteiger partial charge in [0.25, 0.3) is 5.91 Å². The normalized spacial score (nSPS) is 17.7. The fourth-order valence-corrected chi connectivity index (χ4v) is 6.05. The molecule has 0 radical (unpaired) electrons. The Morgan fingerprint density at radius 1 is 0.952 bits per heavy atom. The zero-order valence-electron chi connectivity index (χ0n) is 23.9. The number of amides is 1. The molecular weight excluding hydrogens is 565 g/mol. The summed E-state index contributed by atoms with van der Waals surface area (Å²) in [6.45, 7) is 5.73. The maximum absolute atomic E-state index is 13.1. The molecule has 42 heavy (non-hydrogen) atoms. The lowest BCUT2D eigenvalue weighted by Gasteiger charge is -2.41. The number of hydrogen-bond acceptors (Lipinski definition) is 5. The second kappa shape index (κ2) is 13.7. The number of hydrogen-bond donors (Lipinski definition) is 1. The molecule has 1 fully saturated rings. The number of rotatable bonds is 11. The maximum atomic E-state index is 13.1. The van der Waals surface area contributed by atoms with Crippen LogP contribution in [0.5, 0.6) is 0 Å². The Labute approximate surface area is 245 Å². The molecule has 1 unspecified atom stereocenters. The van der Waals surface area contributed by atoms with E-state index in [4.69, 9.17) is 4.74 Å². The van der Waals surface area contributed by atoms with Crippen LogP contribution in [-0.4, -0.2) is 45.9 Å². The summed E-state index contributed by atoms with van der Waals surface area (Å²) in [6, 6.07) is 19.3. The molecule has 1 aliphatic heterocycles. The summed E-state index contributed by atoms with van der Waals surface area (Å²) < 4.78 is 69.1. The highest BCUT2D eigenvalue weighted by Gasteiger charge is 2.32. The van der Waals surface area contributed by atoms with Gasteiger partial charge in [-0.05, 0) is 78.9 Å². The SMILES string of the molecule is CCCOC[C@@H]1CCC(c2ccc(C(F)(F)F)cc2)CN1c1ccc(C(=O)NCc2ccc(S(=O)(=O)CC)cc2)cc1. The molecular formula is C32H37F3N2O4S. The third-order valence-corrected chi connectivity index (χ3v) is 9.40. The van der Waals surface area contributed by atoms with Gasteiger partial charge >= 0.3 is 6.18 Å². The van der Waals surface area contributed by atoms with Gasteiger partial charge in [0.05, 0.1) is 28.9 Å². The van der Waals surface area contributed by atoms with E-state index in [9.17, 15) is 26.4 Å². The summed E-state index contributed by atoms with van der Waals surface area (Å²) >= 11 is 0. The van der Waals surface area contributed by atoms with E-state index < -0.39 is 21.6 Å². The minimum Gasteiger partial charge on any atom is -0.379 e. The highest BCUT2D eigenvalue weighted by molar-refractivity contribution is 7.91. The van der Waals surface area contributed by atoms with E-state index in [1.807, 2.05) is 12.1 Å². The zero-order valence-corrected chi connectivity index (χ0v) is 24.7. The largest absolute Gasteiger partial charge is 0.416 e. The predicted molar refractivity (Wildman–Crippen MR) is 157 cm³/mol. The Bertz CT molecular complexity index is 1420. The predicted octanol–water partition coefficient (Wildman–Crippen LogP) is 6.61. The zero-order chi connectivity index (χ0) is 30.3. The minimum absolute atomic E-state index is 0.0265. The van der Waals surface area contributed by atoms with Crippen LogP contribution in [-0.2, 0) is 27.3 Å². The number of alkyl halides is 3. The van der Waals surface area contributed by atoms with Gasteiger partial charge in [-0.1, -0.05) is 38.1 Å². The van der Waals surface area contributed by atoms with Crippen molar-refractivity contribution in [1.82, 2.24) is 5.32 Å². The molecule has 3 aromatic carbocycles. The highest BCUT2D eigenvalue weighted by Crippen LogP contribution is 2.36. The molecule has 2 atom stereocenters. The second-order valence-electron chi connectivity index (χ2n) is 10.6. The molecule has 226 valence electrons. The molecule has 0 aromatic heterocycles. The van der Waals surface area contributed by atoms with Crippen LogP contribution >= 0.6 is 0 Å². The number of sulfone groups is 1. The third-order valence-electron chi connectivity index (χ3n) is 7.65. The van der Waals surface area contributed by atoms with Gasteiger partial charge in [0, 0.05) is 36.9 Å². The Morgan fingerprint density at radius 2 is 1.62 bits per heavy atom. The van der Waals surface area contributed by atoms with Crippen molar-refractivity contribution in [2.24, 2.45) is 0 Å². The first kappa shape index (κ1) is 31.6. The summed E-state index contributed by atoms with van der Waals surface area (Å²) in [5, 5.41) is 2.87. The van der Waals surface area contributed by atoms with Crippen molar-refractivity contribution >= 4 is 21.4 Å². The molecule has 3 aromatic rings. The fraction of sp³-hybridized carbons (Fsp3) is 0.406. The second-order valence-corrected chi connectivity index (χ2v) is 12.8. The first-order valence-electron chi connectivity index (χ1n) is 14.2. The average Bonchev–Trinajstić information content (AvgIpc) is 3.00. The smallest absolute Gasteiger partial charge is 0.379 e. The summed E-state index contributed by atoms with van der Waals surface area (Å²) in [5.74, 6) is -0.161. The standard InChI is InChI=1S/C32H37F3N2O4S/c1-3-19-41-22-29-16-11-26(24-7-12-27(13-8-24)32(33,34)35)21-37(29)28-14-9-25(10-15-28)31(38)36-20-23-5-17-30(18-6-23)42(39,40)4-2/h5-10,12-15,17-18,26,29H,3-4,11,16,19-22H2,1-2H3,(H,36,38)/t26?,29-/m0/s1. The van der Waals surface area contributed by atoms with Gasteiger partial charge in [0.2, 0.25) is 0 Å². The number of ether oxygens (including phenoxy) is 1. The molecule has 10 heteroatoms. The Hall–Kier alpha value is -3.37. The van der Waals surface area contributed by atoms with Crippen LogP contribution in [0.25, 0.3) is 0 Å². The highest BCUT2D eigenvalue weighted by atomic mass is 32.2. The summed E-state index contributed by atoms with van der Waals surface area (Å²) in [6.07, 6.45) is -1.79. The van der Waals surface area contributed by atoms with Crippen molar-refractivity contribution in [1.29, 1.82) is 0 Å². The van der Waals surface area contributed by atoms with Crippen molar-refractivity contribution < 1.29 is 31.1 Å². The molecule has 1 aliphatic rings. The summed E-state index contributed by atoms with van der Waals surface area (Å²) in [7, 11) is -3.28. The number of halogens is 3.